The number of amides is 4. The van der Waals surface area contributed by atoms with Gasteiger partial charge in [0.1, 0.15) is 18.4 Å². The molecular formula is C23H24N4O7S. The molecule has 0 radical (unpaired) electrons. The second-order valence-electron chi connectivity index (χ2n) is 8.16. The van der Waals surface area contributed by atoms with Gasteiger partial charge in [0.15, 0.2) is 0 Å². The molecule has 2 aromatic carbocycles. The summed E-state index contributed by atoms with van der Waals surface area (Å²) in [5, 5.41) is 15.6. The Bertz CT molecular complexity index is 1110. The van der Waals surface area contributed by atoms with E-state index in [2.05, 4.69) is 10.6 Å². The molecule has 0 saturated carbocycles. The van der Waals surface area contributed by atoms with E-state index in [0.717, 1.165) is 11.3 Å². The van der Waals surface area contributed by atoms with Crippen molar-refractivity contribution in [2.75, 3.05) is 13.7 Å². The summed E-state index contributed by atoms with van der Waals surface area (Å²) in [5.41, 5.74) is 1.63. The topological polar surface area (TPSA) is 140 Å². The first-order valence-electron chi connectivity index (χ1n) is 10.9. The molecule has 12 heteroatoms. The van der Waals surface area contributed by atoms with Crippen LogP contribution in [0.2, 0.25) is 0 Å². The molecule has 0 spiro atoms. The highest BCUT2D eigenvalue weighted by Crippen LogP contribution is 2.33. The van der Waals surface area contributed by atoms with E-state index in [1.807, 2.05) is 24.3 Å². The molecule has 4 amide bonds. The van der Waals surface area contributed by atoms with E-state index in [-0.39, 0.29) is 17.5 Å². The molecule has 2 saturated heterocycles. The van der Waals surface area contributed by atoms with Crippen LogP contribution in [0, 0.1) is 10.1 Å². The monoisotopic (exact) mass is 500 g/mol. The lowest BCUT2D eigenvalue weighted by Crippen LogP contribution is -2.50. The molecule has 1 unspecified atom stereocenters. The van der Waals surface area contributed by atoms with Crippen LogP contribution in [0.4, 0.5) is 15.3 Å². The van der Waals surface area contributed by atoms with Crippen LogP contribution in [0.15, 0.2) is 48.5 Å². The standard InChI is InChI=1S/C23H24N4O7S/c1-33-17-8-4-15(5-9-17)13-35-18-10-19(20-21(28)25-22(29)24-20)26(11-18)23(30)34-12-14-2-6-16(7-3-14)27(31)32/h2-9,18-20H,10-13H2,1H3,(H2,24,25,28,29)/t18-,19-,20?/m0/s1. The molecule has 2 aromatic rings. The normalized spacial score (nSPS) is 21.4. The number of ether oxygens (including phenoxy) is 2. The zero-order valence-corrected chi connectivity index (χ0v) is 19.7. The number of imide groups is 1. The highest BCUT2D eigenvalue weighted by Gasteiger charge is 2.46. The summed E-state index contributed by atoms with van der Waals surface area (Å²) in [5.74, 6) is 0.995. The zero-order valence-electron chi connectivity index (χ0n) is 18.8. The number of nitrogens with one attached hydrogen (secondary N) is 2. The van der Waals surface area contributed by atoms with E-state index in [0.29, 0.717) is 24.3 Å². The van der Waals surface area contributed by atoms with Gasteiger partial charge in [-0.05, 0) is 41.8 Å². The van der Waals surface area contributed by atoms with Crippen LogP contribution in [-0.4, -0.2) is 58.8 Å². The minimum atomic E-state index is -0.860. The highest BCUT2D eigenvalue weighted by atomic mass is 32.2. The molecule has 2 N–H and O–H groups in total. The predicted octanol–water partition coefficient (Wildman–Crippen LogP) is 2.82. The molecular weight excluding hydrogens is 476 g/mol. The number of urea groups is 1. The van der Waals surface area contributed by atoms with Gasteiger partial charge in [-0.3, -0.25) is 20.2 Å². The number of nitrogens with zero attached hydrogens (tertiary/aromatic N) is 2. The van der Waals surface area contributed by atoms with E-state index in [4.69, 9.17) is 9.47 Å². The molecule has 11 nitrogen and oxygen atoms in total. The van der Waals surface area contributed by atoms with Gasteiger partial charge in [-0.2, -0.15) is 11.8 Å². The number of nitro benzene ring substituents is 1. The third-order valence-corrected chi connectivity index (χ3v) is 7.20. The summed E-state index contributed by atoms with van der Waals surface area (Å²) in [6.07, 6.45) is -0.110. The summed E-state index contributed by atoms with van der Waals surface area (Å²) in [4.78, 5) is 48.7. The fraction of sp³-hybridized carbons (Fsp3) is 0.348. The van der Waals surface area contributed by atoms with Crippen LogP contribution in [0.3, 0.4) is 0 Å². The minimum Gasteiger partial charge on any atom is -0.497 e. The summed E-state index contributed by atoms with van der Waals surface area (Å²) < 4.78 is 10.6. The number of methoxy groups -OCH3 is 1. The first kappa shape index (κ1) is 24.3. The molecule has 2 fully saturated rings. The third-order valence-electron chi connectivity index (χ3n) is 5.88. The van der Waals surface area contributed by atoms with E-state index in [1.165, 1.54) is 29.2 Å². The Morgan fingerprint density at radius 1 is 1.14 bits per heavy atom. The number of non-ortho nitro benzene ring substituents is 1. The van der Waals surface area contributed by atoms with Crippen LogP contribution in [0.1, 0.15) is 17.5 Å². The molecule has 0 aliphatic carbocycles. The molecule has 0 aromatic heterocycles. The van der Waals surface area contributed by atoms with Crippen molar-refractivity contribution in [3.63, 3.8) is 0 Å². The third kappa shape index (κ3) is 5.83. The van der Waals surface area contributed by atoms with Crippen LogP contribution >= 0.6 is 11.8 Å². The molecule has 4 rings (SSSR count). The summed E-state index contributed by atoms with van der Waals surface area (Å²) >= 11 is 1.66. The number of hydrogen-bond acceptors (Lipinski definition) is 8. The summed E-state index contributed by atoms with van der Waals surface area (Å²) in [7, 11) is 1.61. The number of thioether (sulfide) groups is 1. The highest BCUT2D eigenvalue weighted by molar-refractivity contribution is 7.99. The average Bonchev–Trinajstić information content (AvgIpc) is 3.43. The summed E-state index contributed by atoms with van der Waals surface area (Å²) in [6, 6.07) is 11.4. The minimum absolute atomic E-state index is 0.0272. The zero-order chi connectivity index (χ0) is 24.9. The van der Waals surface area contributed by atoms with Crippen LogP contribution < -0.4 is 15.4 Å². The molecule has 3 atom stereocenters. The van der Waals surface area contributed by atoms with Crippen molar-refractivity contribution >= 4 is 35.5 Å². The first-order valence-corrected chi connectivity index (χ1v) is 11.9. The molecule has 2 aliphatic rings. The van der Waals surface area contributed by atoms with Crippen molar-refractivity contribution in [1.29, 1.82) is 0 Å². The fourth-order valence-electron chi connectivity index (χ4n) is 4.05. The predicted molar refractivity (Wildman–Crippen MR) is 127 cm³/mol. The van der Waals surface area contributed by atoms with Crippen molar-refractivity contribution in [3.05, 3.63) is 69.8 Å². The SMILES string of the molecule is COc1ccc(CS[C@H]2C[C@@H](C3NC(=O)NC3=O)N(C(=O)OCc3ccc([N+](=O)[O-])cc3)C2)cc1. The second-order valence-corrected chi connectivity index (χ2v) is 9.44. The Labute approximate surface area is 205 Å². The largest absolute Gasteiger partial charge is 0.497 e. The van der Waals surface area contributed by atoms with E-state index < -0.39 is 35.0 Å². The van der Waals surface area contributed by atoms with Crippen molar-refractivity contribution < 1.29 is 28.8 Å². The Balaban J connectivity index is 1.41. The number of nitro groups is 1. The van der Waals surface area contributed by atoms with Gasteiger partial charge in [0.2, 0.25) is 0 Å². The van der Waals surface area contributed by atoms with Crippen LogP contribution in [0.25, 0.3) is 0 Å². The maximum atomic E-state index is 13.0. The second kappa shape index (κ2) is 10.6. The number of rotatable bonds is 8. The van der Waals surface area contributed by atoms with Gasteiger partial charge in [0.25, 0.3) is 11.6 Å². The first-order chi connectivity index (χ1) is 16.8. The Kier molecular flexibility index (Phi) is 7.39. The number of hydrogen-bond donors (Lipinski definition) is 2. The number of benzene rings is 2. The van der Waals surface area contributed by atoms with Gasteiger partial charge < -0.3 is 19.7 Å². The Morgan fingerprint density at radius 3 is 2.43 bits per heavy atom. The van der Waals surface area contributed by atoms with E-state index >= 15 is 0 Å². The maximum Gasteiger partial charge on any atom is 0.410 e. The molecule has 35 heavy (non-hydrogen) atoms. The number of carbonyl (C=O) groups is 3. The van der Waals surface area contributed by atoms with Crippen molar-refractivity contribution in [1.82, 2.24) is 15.5 Å². The van der Waals surface area contributed by atoms with Gasteiger partial charge in [-0.25, -0.2) is 9.59 Å². The van der Waals surface area contributed by atoms with Gasteiger partial charge in [-0.15, -0.1) is 0 Å². The average molecular weight is 501 g/mol. The quantitative estimate of drug-likeness (QED) is 0.320. The van der Waals surface area contributed by atoms with Gasteiger partial charge in [0, 0.05) is 29.7 Å². The van der Waals surface area contributed by atoms with Crippen LogP contribution in [0.5, 0.6) is 5.75 Å². The smallest absolute Gasteiger partial charge is 0.410 e. The molecule has 184 valence electrons. The van der Waals surface area contributed by atoms with Gasteiger partial charge in [-0.1, -0.05) is 12.1 Å². The van der Waals surface area contributed by atoms with Gasteiger partial charge in [0.05, 0.1) is 18.1 Å². The molecule has 0 bridgehead atoms. The molecule has 2 heterocycles. The Hall–Kier alpha value is -3.80. The van der Waals surface area contributed by atoms with Crippen molar-refractivity contribution in [3.8, 4) is 5.75 Å². The lowest BCUT2D eigenvalue weighted by molar-refractivity contribution is -0.384. The maximum absolute atomic E-state index is 13.0. The fourth-order valence-corrected chi connectivity index (χ4v) is 5.27. The van der Waals surface area contributed by atoms with E-state index in [1.54, 1.807) is 18.9 Å². The van der Waals surface area contributed by atoms with Crippen LogP contribution in [-0.2, 0) is 21.9 Å². The van der Waals surface area contributed by atoms with Gasteiger partial charge >= 0.3 is 12.1 Å². The van der Waals surface area contributed by atoms with Crippen molar-refractivity contribution in [2.24, 2.45) is 0 Å². The number of carbonyl (C=O) groups excluding carboxylic acids is 3. The lowest BCUT2D eigenvalue weighted by atomic mass is 10.1. The Morgan fingerprint density at radius 2 is 1.83 bits per heavy atom. The van der Waals surface area contributed by atoms with Crippen molar-refractivity contribution in [2.45, 2.75) is 36.1 Å². The number of likely N-dealkylation sites (tertiary alicyclic amines) is 1. The lowest BCUT2D eigenvalue weighted by Gasteiger charge is -2.26. The molecule has 2 aliphatic heterocycles. The summed E-state index contributed by atoms with van der Waals surface area (Å²) in [6.45, 7) is 0.275. The van der Waals surface area contributed by atoms with E-state index in [9.17, 15) is 24.5 Å².